The fourth-order valence-corrected chi connectivity index (χ4v) is 10.4. The molecule has 64 heavy (non-hydrogen) atoms. The number of fused-ring (bicyclic) bond motifs is 1. The zero-order chi connectivity index (χ0) is 45.1. The van der Waals surface area contributed by atoms with Gasteiger partial charge in [-0.2, -0.15) is 9.94 Å². The third kappa shape index (κ3) is 7.84. The number of rotatable bonds is 10. The van der Waals surface area contributed by atoms with Crippen LogP contribution in [0.25, 0.3) is 16.6 Å². The summed E-state index contributed by atoms with van der Waals surface area (Å²) in [6.45, 7) is 10.7. The first-order valence-corrected chi connectivity index (χ1v) is 21.9. The Hall–Kier alpha value is -6.67. The van der Waals surface area contributed by atoms with E-state index in [2.05, 4.69) is 69.9 Å². The predicted octanol–water partition coefficient (Wildman–Crippen LogP) is 4.40. The molecular formula is C46H48ClN11O6. The van der Waals surface area contributed by atoms with E-state index in [9.17, 15) is 29.2 Å². The first-order chi connectivity index (χ1) is 30.6. The summed E-state index contributed by atoms with van der Waals surface area (Å²) >= 11 is 6.25. The summed E-state index contributed by atoms with van der Waals surface area (Å²) in [5, 5.41) is 32.3. The van der Waals surface area contributed by atoms with Crippen molar-refractivity contribution in [3.63, 3.8) is 0 Å². The summed E-state index contributed by atoms with van der Waals surface area (Å²) in [5.41, 5.74) is 2.51. The quantitative estimate of drug-likeness (QED) is 0.187. The van der Waals surface area contributed by atoms with Crippen molar-refractivity contribution >= 4 is 51.8 Å². The standard InChI is InChI=1S/C46H48ClN11O6/c1-45(2)43(46(3,4)44(45)64-33-11-7-28(22-48)35(47)21-33)50-39(60)27-5-8-31(9-6-27)57-25-30(51-53-57)19-26-15-17-55(18-16-26)41(62)29-23-56(24-29)32-10-12-36-34(20-32)42(63)58(54-52-36)37-13-14-38(59)49-40(37)61/h5-12,20-21,25-26,29,37,43-44H,13-19,23-24H2,1-4H3,(H,50,60)(H,49,59,61). The van der Waals surface area contributed by atoms with Gasteiger partial charge in [-0.1, -0.05) is 49.7 Å². The first-order valence-electron chi connectivity index (χ1n) is 21.6. The van der Waals surface area contributed by atoms with E-state index >= 15 is 0 Å². The Morgan fingerprint density at radius 2 is 1.64 bits per heavy atom. The lowest BCUT2D eigenvalue weighted by Gasteiger charge is -2.63. The van der Waals surface area contributed by atoms with Gasteiger partial charge in [0.2, 0.25) is 11.8 Å². The fraction of sp³-hybridized carbons (Fsp3) is 0.435. The number of amides is 4. The molecular weight excluding hydrogens is 838 g/mol. The second-order valence-electron chi connectivity index (χ2n) is 18.6. The van der Waals surface area contributed by atoms with Crippen LogP contribution < -0.4 is 25.8 Å². The minimum Gasteiger partial charge on any atom is -0.489 e. The van der Waals surface area contributed by atoms with E-state index in [1.165, 1.54) is 0 Å². The molecule has 2 aromatic heterocycles. The highest BCUT2D eigenvalue weighted by Crippen LogP contribution is 2.55. The van der Waals surface area contributed by atoms with Crippen LogP contribution in [-0.4, -0.2) is 96.8 Å². The lowest BCUT2D eigenvalue weighted by Crippen LogP contribution is -2.74. The number of carbonyl (C=O) groups is 4. The number of likely N-dealkylation sites (tertiary alicyclic amines) is 1. The molecule has 4 amide bonds. The van der Waals surface area contributed by atoms with Crippen LogP contribution >= 0.6 is 11.6 Å². The molecule has 1 atom stereocenters. The van der Waals surface area contributed by atoms with Gasteiger partial charge in [0.15, 0.2) is 0 Å². The summed E-state index contributed by atoms with van der Waals surface area (Å²) in [4.78, 5) is 68.4. The minimum absolute atomic E-state index is 0.119. The number of ether oxygens (including phenoxy) is 1. The van der Waals surface area contributed by atoms with Gasteiger partial charge in [-0.25, -0.2) is 4.68 Å². The van der Waals surface area contributed by atoms with Crippen LogP contribution in [0.15, 0.2) is 71.7 Å². The molecule has 3 aromatic carbocycles. The predicted molar refractivity (Wildman–Crippen MR) is 235 cm³/mol. The summed E-state index contributed by atoms with van der Waals surface area (Å²) in [7, 11) is 0. The second-order valence-corrected chi connectivity index (χ2v) is 19.0. The Kier molecular flexibility index (Phi) is 11.0. The number of imide groups is 1. The SMILES string of the molecule is CC1(C)C(NC(=O)c2ccc(-n3cc(CC4CCN(C(=O)C5CN(c6ccc7nnn(C8CCC(=O)NC8=O)c(=O)c7c6)C5)CC4)nn3)cc2)C(C)(C)C1Oc1ccc(C#N)c(Cl)c1. The maximum atomic E-state index is 13.5. The van der Waals surface area contributed by atoms with E-state index in [-0.39, 0.29) is 59.5 Å². The molecule has 0 radical (unpaired) electrons. The summed E-state index contributed by atoms with van der Waals surface area (Å²) in [6.07, 6.45) is 4.46. The maximum Gasteiger partial charge on any atom is 0.278 e. The number of nitrogens with one attached hydrogen (secondary N) is 2. The Labute approximate surface area is 373 Å². The highest BCUT2D eigenvalue weighted by Gasteiger charge is 2.64. The highest BCUT2D eigenvalue weighted by molar-refractivity contribution is 6.31. The van der Waals surface area contributed by atoms with Crippen molar-refractivity contribution in [2.45, 2.75) is 78.0 Å². The number of hydrogen-bond acceptors (Lipinski definition) is 12. The smallest absolute Gasteiger partial charge is 0.278 e. The van der Waals surface area contributed by atoms with Gasteiger partial charge in [0.25, 0.3) is 17.4 Å². The molecule has 1 saturated carbocycles. The van der Waals surface area contributed by atoms with E-state index in [0.717, 1.165) is 41.0 Å². The molecule has 17 nitrogen and oxygen atoms in total. The van der Waals surface area contributed by atoms with Crippen molar-refractivity contribution in [1.29, 1.82) is 5.26 Å². The Morgan fingerprint density at radius 1 is 0.922 bits per heavy atom. The largest absolute Gasteiger partial charge is 0.489 e. The number of halogens is 1. The Morgan fingerprint density at radius 3 is 2.33 bits per heavy atom. The monoisotopic (exact) mass is 885 g/mol. The number of piperidine rings is 2. The van der Waals surface area contributed by atoms with Crippen LogP contribution in [0.2, 0.25) is 5.02 Å². The van der Waals surface area contributed by atoms with Crippen molar-refractivity contribution in [3.8, 4) is 17.5 Å². The number of carbonyl (C=O) groups excluding carboxylic acids is 4. The van der Waals surface area contributed by atoms with Gasteiger partial charge >= 0.3 is 0 Å². The fourth-order valence-electron chi connectivity index (χ4n) is 10.2. The summed E-state index contributed by atoms with van der Waals surface area (Å²) in [6, 6.07) is 18.6. The van der Waals surface area contributed by atoms with Crippen molar-refractivity contribution in [2.75, 3.05) is 31.1 Å². The van der Waals surface area contributed by atoms with Gasteiger partial charge in [0, 0.05) is 66.8 Å². The van der Waals surface area contributed by atoms with Crippen LogP contribution in [0.4, 0.5) is 5.69 Å². The van der Waals surface area contributed by atoms with Crippen LogP contribution in [0, 0.1) is 34.0 Å². The van der Waals surface area contributed by atoms with Crippen LogP contribution in [0.3, 0.4) is 0 Å². The zero-order valence-corrected chi connectivity index (χ0v) is 36.7. The Balaban J connectivity index is 0.740. The average Bonchev–Trinajstić information content (AvgIpc) is 3.73. The Bertz CT molecular complexity index is 2770. The van der Waals surface area contributed by atoms with E-state index in [1.807, 2.05) is 29.3 Å². The van der Waals surface area contributed by atoms with Gasteiger partial charge in [-0.05, 0) is 86.2 Å². The van der Waals surface area contributed by atoms with E-state index in [0.29, 0.717) is 64.9 Å². The molecule has 5 heterocycles. The first kappa shape index (κ1) is 42.6. The molecule has 4 fully saturated rings. The second kappa shape index (κ2) is 16.5. The molecule has 0 bridgehead atoms. The maximum absolute atomic E-state index is 13.5. The van der Waals surface area contributed by atoms with E-state index < -0.39 is 17.5 Å². The number of aromatic nitrogens is 6. The van der Waals surface area contributed by atoms with Crippen molar-refractivity contribution in [3.05, 3.63) is 99.1 Å². The van der Waals surface area contributed by atoms with Crippen LogP contribution in [-0.2, 0) is 20.8 Å². The topological polar surface area (TPSA) is 210 Å². The lowest BCUT2D eigenvalue weighted by atomic mass is 9.49. The highest BCUT2D eigenvalue weighted by atomic mass is 35.5. The van der Waals surface area contributed by atoms with E-state index in [4.69, 9.17) is 16.3 Å². The molecule has 18 heteroatoms. The molecule has 0 spiro atoms. The summed E-state index contributed by atoms with van der Waals surface area (Å²) in [5.74, 6) is -0.208. The van der Waals surface area contributed by atoms with Crippen molar-refractivity contribution < 1.29 is 23.9 Å². The van der Waals surface area contributed by atoms with Crippen LogP contribution in [0.5, 0.6) is 5.75 Å². The molecule has 9 rings (SSSR count). The van der Waals surface area contributed by atoms with Gasteiger partial charge in [0.05, 0.1) is 39.5 Å². The van der Waals surface area contributed by atoms with Gasteiger partial charge < -0.3 is 19.9 Å². The summed E-state index contributed by atoms with van der Waals surface area (Å²) < 4.78 is 9.13. The van der Waals surface area contributed by atoms with Gasteiger partial charge in [-0.15, -0.1) is 10.2 Å². The van der Waals surface area contributed by atoms with Crippen molar-refractivity contribution in [2.24, 2.45) is 22.7 Å². The van der Waals surface area contributed by atoms with Gasteiger partial charge in [0.1, 0.15) is 29.5 Å². The molecule has 5 aromatic rings. The molecule has 1 unspecified atom stereocenters. The molecule has 3 saturated heterocycles. The van der Waals surface area contributed by atoms with Crippen LogP contribution in [0.1, 0.15) is 81.0 Å². The minimum atomic E-state index is -0.900. The molecule has 2 N–H and O–H groups in total. The normalized spacial score (nSPS) is 22.0. The lowest BCUT2D eigenvalue weighted by molar-refractivity contribution is -0.164. The zero-order valence-electron chi connectivity index (χ0n) is 36.0. The average molecular weight is 886 g/mol. The molecule has 1 aliphatic carbocycles. The number of hydrogen-bond donors (Lipinski definition) is 2. The molecule has 330 valence electrons. The number of anilines is 1. The third-order valence-electron chi connectivity index (χ3n) is 13.6. The number of nitriles is 1. The van der Waals surface area contributed by atoms with E-state index in [1.54, 1.807) is 47.1 Å². The third-order valence-corrected chi connectivity index (χ3v) is 13.9. The number of nitrogens with zero attached hydrogens (tertiary/aromatic N) is 9. The van der Waals surface area contributed by atoms with Crippen molar-refractivity contribution in [1.82, 2.24) is 45.5 Å². The number of benzene rings is 3. The van der Waals surface area contributed by atoms with Gasteiger partial charge in [-0.3, -0.25) is 29.3 Å². The molecule has 4 aliphatic rings. The molecule has 3 aliphatic heterocycles.